The van der Waals surface area contributed by atoms with E-state index in [2.05, 4.69) is 0 Å². The summed E-state index contributed by atoms with van der Waals surface area (Å²) in [5.41, 5.74) is 16.6. The van der Waals surface area contributed by atoms with E-state index in [0.29, 0.717) is 22.5 Å². The number of nitrogens with zero attached hydrogens (tertiary/aromatic N) is 1. The molecule has 0 bridgehead atoms. The van der Waals surface area contributed by atoms with Crippen LogP contribution >= 0.6 is 0 Å². The van der Waals surface area contributed by atoms with Gasteiger partial charge in [-0.3, -0.25) is 9.59 Å². The van der Waals surface area contributed by atoms with Crippen molar-refractivity contribution < 1.29 is 9.59 Å². The van der Waals surface area contributed by atoms with E-state index in [9.17, 15) is 9.59 Å². The molecule has 5 nitrogen and oxygen atoms in total. The second-order valence-corrected chi connectivity index (χ2v) is 6.95. The first-order chi connectivity index (χ1) is 13.5. The van der Waals surface area contributed by atoms with Crippen LogP contribution in [0.2, 0.25) is 0 Å². The molecule has 1 aliphatic heterocycles. The van der Waals surface area contributed by atoms with Gasteiger partial charge in [-0.2, -0.15) is 0 Å². The van der Waals surface area contributed by atoms with E-state index in [1.807, 2.05) is 42.5 Å². The van der Waals surface area contributed by atoms with Crippen molar-refractivity contribution in [1.82, 2.24) is 0 Å². The normalized spacial score (nSPS) is 16.7. The van der Waals surface area contributed by atoms with Gasteiger partial charge >= 0.3 is 0 Å². The van der Waals surface area contributed by atoms with Crippen LogP contribution in [-0.4, -0.2) is 11.8 Å². The summed E-state index contributed by atoms with van der Waals surface area (Å²) in [5.74, 6) is -1.29. The van der Waals surface area contributed by atoms with Crippen LogP contribution in [0.3, 0.4) is 0 Å². The van der Waals surface area contributed by atoms with Gasteiger partial charge in [0.15, 0.2) is 0 Å². The van der Waals surface area contributed by atoms with Gasteiger partial charge < -0.3 is 11.5 Å². The van der Waals surface area contributed by atoms with Crippen LogP contribution in [0.5, 0.6) is 0 Å². The number of hydrogen-bond donors (Lipinski definition) is 2. The maximum Gasteiger partial charge on any atom is 0.255 e. The molecule has 1 unspecified atom stereocenters. The Labute approximate surface area is 163 Å². The van der Waals surface area contributed by atoms with Gasteiger partial charge in [0.25, 0.3) is 5.91 Å². The van der Waals surface area contributed by atoms with Crippen molar-refractivity contribution >= 4 is 23.2 Å². The highest BCUT2D eigenvalue weighted by atomic mass is 16.2. The zero-order valence-electron chi connectivity index (χ0n) is 15.5. The summed E-state index contributed by atoms with van der Waals surface area (Å²) in [7, 11) is 0. The summed E-state index contributed by atoms with van der Waals surface area (Å²) >= 11 is 0. The largest absolute Gasteiger partial charge is 0.398 e. The molecular formula is C23H21N3O2. The lowest BCUT2D eigenvalue weighted by atomic mass is 9.92. The average molecular weight is 371 g/mol. The van der Waals surface area contributed by atoms with Crippen molar-refractivity contribution in [3.63, 3.8) is 0 Å². The molecule has 0 radical (unpaired) electrons. The van der Waals surface area contributed by atoms with Crippen LogP contribution in [0.1, 0.15) is 30.0 Å². The van der Waals surface area contributed by atoms with E-state index in [4.69, 9.17) is 11.5 Å². The van der Waals surface area contributed by atoms with Crippen molar-refractivity contribution in [2.24, 2.45) is 5.73 Å². The van der Waals surface area contributed by atoms with E-state index in [1.54, 1.807) is 37.3 Å². The summed E-state index contributed by atoms with van der Waals surface area (Å²) in [6.07, 6.45) is 0. The fraction of sp³-hybridized carbons (Fsp3) is 0.130. The van der Waals surface area contributed by atoms with E-state index >= 15 is 0 Å². The molecule has 0 fully saturated rings. The molecule has 5 heteroatoms. The number of carbonyl (C=O) groups is 2. The van der Waals surface area contributed by atoms with Gasteiger partial charge in [-0.05, 0) is 35.7 Å². The smallest absolute Gasteiger partial charge is 0.255 e. The standard InChI is InChI=1S/C23H21N3O2/c1-14-16-10-5-6-11-17(16)20-18(24)12-7-13-19(20)26(22(14)27)23(28)21(25)15-8-3-2-4-9-15/h2-14,21H,24-25H2,1H3/t14?,21-/m0/s1. The zero-order chi connectivity index (χ0) is 19.8. The molecule has 0 aromatic heterocycles. The van der Waals surface area contributed by atoms with Crippen LogP contribution in [0, 0.1) is 0 Å². The van der Waals surface area contributed by atoms with Crippen molar-refractivity contribution in [2.45, 2.75) is 18.9 Å². The van der Waals surface area contributed by atoms with E-state index in [-0.39, 0.29) is 5.91 Å². The van der Waals surface area contributed by atoms with Gasteiger partial charge in [-0.25, -0.2) is 4.90 Å². The molecule has 4 N–H and O–H groups in total. The van der Waals surface area contributed by atoms with Crippen molar-refractivity contribution in [3.05, 3.63) is 83.9 Å². The van der Waals surface area contributed by atoms with Crippen LogP contribution < -0.4 is 16.4 Å². The summed E-state index contributed by atoms with van der Waals surface area (Å²) in [4.78, 5) is 27.9. The summed E-state index contributed by atoms with van der Waals surface area (Å²) in [6.45, 7) is 1.80. The Morgan fingerprint density at radius 2 is 1.64 bits per heavy atom. The lowest BCUT2D eigenvalue weighted by Crippen LogP contribution is -2.44. The van der Waals surface area contributed by atoms with Crippen LogP contribution in [0.15, 0.2) is 72.8 Å². The number of nitrogens with two attached hydrogens (primary N) is 2. The van der Waals surface area contributed by atoms with Crippen molar-refractivity contribution in [3.8, 4) is 11.1 Å². The number of amides is 2. The Balaban J connectivity index is 1.91. The third kappa shape index (κ3) is 2.77. The first kappa shape index (κ1) is 17.9. The van der Waals surface area contributed by atoms with Crippen LogP contribution in [0.4, 0.5) is 11.4 Å². The molecule has 0 spiro atoms. The maximum absolute atomic E-state index is 13.4. The number of rotatable bonds is 2. The monoisotopic (exact) mass is 371 g/mol. The van der Waals surface area contributed by atoms with E-state index < -0.39 is 17.9 Å². The number of nitrogen functional groups attached to an aromatic ring is 1. The lowest BCUT2D eigenvalue weighted by Gasteiger charge is -2.26. The molecule has 1 heterocycles. The molecule has 0 saturated heterocycles. The van der Waals surface area contributed by atoms with Crippen molar-refractivity contribution in [2.75, 3.05) is 10.6 Å². The Bertz CT molecular complexity index is 1060. The SMILES string of the molecule is CC1C(=O)N(C(=O)[C@@H](N)c2ccccc2)c2cccc(N)c2-c2ccccc21. The van der Waals surface area contributed by atoms with E-state index in [0.717, 1.165) is 11.1 Å². The number of fused-ring (bicyclic) bond motifs is 3. The van der Waals surface area contributed by atoms with Crippen molar-refractivity contribution in [1.29, 1.82) is 0 Å². The Morgan fingerprint density at radius 3 is 2.39 bits per heavy atom. The average Bonchev–Trinajstić information content (AvgIpc) is 2.82. The zero-order valence-corrected chi connectivity index (χ0v) is 15.5. The predicted octanol–water partition coefficient (Wildman–Crippen LogP) is 3.61. The molecule has 3 aromatic carbocycles. The molecule has 2 amide bonds. The molecule has 4 rings (SSSR count). The maximum atomic E-state index is 13.4. The summed E-state index contributed by atoms with van der Waals surface area (Å²) in [5, 5.41) is 0. The second-order valence-electron chi connectivity index (χ2n) is 6.95. The molecule has 28 heavy (non-hydrogen) atoms. The minimum Gasteiger partial charge on any atom is -0.398 e. The quantitative estimate of drug-likeness (QED) is 0.674. The highest BCUT2D eigenvalue weighted by molar-refractivity contribution is 6.22. The molecule has 3 aromatic rings. The second kappa shape index (κ2) is 6.94. The fourth-order valence-electron chi connectivity index (χ4n) is 3.75. The van der Waals surface area contributed by atoms with E-state index in [1.165, 1.54) is 4.90 Å². The summed E-state index contributed by atoms with van der Waals surface area (Å²) < 4.78 is 0. The molecule has 1 aliphatic rings. The topological polar surface area (TPSA) is 89.4 Å². The van der Waals surface area contributed by atoms with Gasteiger partial charge in [0.2, 0.25) is 5.91 Å². The molecule has 0 saturated carbocycles. The Hall–Kier alpha value is -3.44. The number of carbonyl (C=O) groups excluding carboxylic acids is 2. The van der Waals surface area contributed by atoms with Crippen LogP contribution in [0.25, 0.3) is 11.1 Å². The molecule has 140 valence electrons. The number of hydrogen-bond acceptors (Lipinski definition) is 4. The highest BCUT2D eigenvalue weighted by Crippen LogP contribution is 2.44. The van der Waals surface area contributed by atoms with Gasteiger partial charge in [0.1, 0.15) is 6.04 Å². The third-order valence-corrected chi connectivity index (χ3v) is 5.25. The fourth-order valence-corrected chi connectivity index (χ4v) is 3.75. The first-order valence-corrected chi connectivity index (χ1v) is 9.17. The summed E-state index contributed by atoms with van der Waals surface area (Å²) in [6, 6.07) is 21.0. The first-order valence-electron chi connectivity index (χ1n) is 9.17. The van der Waals surface area contributed by atoms with Gasteiger partial charge in [0.05, 0.1) is 11.6 Å². The number of benzene rings is 3. The third-order valence-electron chi connectivity index (χ3n) is 5.25. The number of anilines is 2. The molecule has 2 atom stereocenters. The van der Waals surface area contributed by atoms with Crippen LogP contribution in [-0.2, 0) is 9.59 Å². The Morgan fingerprint density at radius 1 is 0.964 bits per heavy atom. The predicted molar refractivity (Wildman–Crippen MR) is 111 cm³/mol. The molecular weight excluding hydrogens is 350 g/mol. The number of imide groups is 1. The minimum absolute atomic E-state index is 0.312. The molecule has 0 aliphatic carbocycles. The van der Waals surface area contributed by atoms with Gasteiger partial charge in [0, 0.05) is 11.3 Å². The lowest BCUT2D eigenvalue weighted by molar-refractivity contribution is -0.127. The Kier molecular flexibility index (Phi) is 4.45. The van der Waals surface area contributed by atoms with Gasteiger partial charge in [-0.1, -0.05) is 60.7 Å². The highest BCUT2D eigenvalue weighted by Gasteiger charge is 2.37. The van der Waals surface area contributed by atoms with Gasteiger partial charge in [-0.15, -0.1) is 0 Å². The minimum atomic E-state index is -0.951.